The van der Waals surface area contributed by atoms with Crippen molar-refractivity contribution in [2.45, 2.75) is 51.2 Å². The Morgan fingerprint density at radius 1 is 1.22 bits per heavy atom. The van der Waals surface area contributed by atoms with Gasteiger partial charge in [-0.2, -0.15) is 0 Å². The SMILES string of the molecule is CCCC1CN(C(=O)O)CC(OC(CC)c2nc3ccccc3[nH]2)C1c1ccc(Cl)cc1. The molecule has 1 aliphatic heterocycles. The molecule has 170 valence electrons. The van der Waals surface area contributed by atoms with Crippen LogP contribution >= 0.6 is 11.6 Å². The number of carboxylic acid groups (broad SMARTS) is 1. The van der Waals surface area contributed by atoms with Gasteiger partial charge in [-0.1, -0.05) is 56.1 Å². The number of aromatic nitrogens is 2. The first-order chi connectivity index (χ1) is 15.5. The maximum Gasteiger partial charge on any atom is 0.407 e. The van der Waals surface area contributed by atoms with E-state index >= 15 is 0 Å². The molecule has 0 aliphatic carbocycles. The first-order valence-corrected chi connectivity index (χ1v) is 11.7. The third-order valence-electron chi connectivity index (χ3n) is 6.37. The predicted octanol–water partition coefficient (Wildman–Crippen LogP) is 6.25. The first-order valence-electron chi connectivity index (χ1n) is 11.3. The lowest BCUT2D eigenvalue weighted by Gasteiger charge is -2.44. The maximum absolute atomic E-state index is 11.9. The topological polar surface area (TPSA) is 78.5 Å². The normalized spacial score (nSPS) is 22.2. The highest BCUT2D eigenvalue weighted by Crippen LogP contribution is 2.40. The quantitative estimate of drug-likeness (QED) is 0.441. The van der Waals surface area contributed by atoms with Crippen molar-refractivity contribution in [2.75, 3.05) is 13.1 Å². The van der Waals surface area contributed by atoms with Crippen LogP contribution in [0, 0.1) is 5.92 Å². The molecule has 4 atom stereocenters. The van der Waals surface area contributed by atoms with E-state index in [4.69, 9.17) is 21.3 Å². The van der Waals surface area contributed by atoms with E-state index in [0.29, 0.717) is 18.1 Å². The van der Waals surface area contributed by atoms with E-state index < -0.39 is 6.09 Å². The summed E-state index contributed by atoms with van der Waals surface area (Å²) in [5.41, 5.74) is 3.01. The van der Waals surface area contributed by atoms with Gasteiger partial charge in [-0.15, -0.1) is 0 Å². The van der Waals surface area contributed by atoms with Crippen LogP contribution < -0.4 is 0 Å². The number of rotatable bonds is 7. The van der Waals surface area contributed by atoms with E-state index in [0.717, 1.165) is 41.7 Å². The molecule has 6 nitrogen and oxygen atoms in total. The van der Waals surface area contributed by atoms with Crippen molar-refractivity contribution in [3.8, 4) is 0 Å². The first kappa shape index (κ1) is 22.6. The maximum atomic E-state index is 11.9. The number of carbonyl (C=O) groups is 1. The van der Waals surface area contributed by atoms with Gasteiger partial charge in [0.25, 0.3) is 0 Å². The molecule has 2 aromatic carbocycles. The molecule has 4 unspecified atom stereocenters. The number of H-pyrrole nitrogens is 1. The zero-order chi connectivity index (χ0) is 22.7. The van der Waals surface area contributed by atoms with Gasteiger partial charge in [-0.3, -0.25) is 0 Å². The summed E-state index contributed by atoms with van der Waals surface area (Å²) in [4.78, 5) is 21.5. The van der Waals surface area contributed by atoms with Gasteiger partial charge < -0.3 is 19.7 Å². The van der Waals surface area contributed by atoms with Gasteiger partial charge in [0.2, 0.25) is 0 Å². The van der Waals surface area contributed by atoms with Crippen LogP contribution in [0.4, 0.5) is 4.79 Å². The number of piperidine rings is 1. The number of aromatic amines is 1. The minimum absolute atomic E-state index is 0.0845. The molecular formula is C25H30ClN3O3. The van der Waals surface area contributed by atoms with Gasteiger partial charge in [0, 0.05) is 17.5 Å². The summed E-state index contributed by atoms with van der Waals surface area (Å²) in [5, 5.41) is 10.5. The summed E-state index contributed by atoms with van der Waals surface area (Å²) in [6, 6.07) is 15.8. The Bertz CT molecular complexity index is 1020. The van der Waals surface area contributed by atoms with Crippen LogP contribution in [-0.2, 0) is 4.74 Å². The molecule has 0 saturated carbocycles. The highest BCUT2D eigenvalue weighted by molar-refractivity contribution is 6.30. The molecule has 0 spiro atoms. The Kier molecular flexibility index (Phi) is 7.01. The molecular weight excluding hydrogens is 426 g/mol. The molecule has 2 N–H and O–H groups in total. The number of para-hydroxylation sites is 2. The average Bonchev–Trinajstić information content (AvgIpc) is 3.22. The van der Waals surface area contributed by atoms with E-state index in [1.54, 1.807) is 0 Å². The van der Waals surface area contributed by atoms with Gasteiger partial charge in [-0.05, 0) is 48.6 Å². The molecule has 1 aromatic heterocycles. The average molecular weight is 456 g/mol. The number of fused-ring (bicyclic) bond motifs is 1. The molecule has 32 heavy (non-hydrogen) atoms. The molecule has 0 radical (unpaired) electrons. The van der Waals surface area contributed by atoms with Crippen LogP contribution in [-0.4, -0.2) is 45.3 Å². The summed E-state index contributed by atoms with van der Waals surface area (Å²) >= 11 is 6.15. The summed E-state index contributed by atoms with van der Waals surface area (Å²) in [6.07, 6.45) is 1.21. The van der Waals surface area contributed by atoms with Crippen LogP contribution in [0.5, 0.6) is 0 Å². The Morgan fingerprint density at radius 3 is 2.62 bits per heavy atom. The molecule has 0 bridgehead atoms. The van der Waals surface area contributed by atoms with Crippen LogP contribution in [0.15, 0.2) is 48.5 Å². The summed E-state index contributed by atoms with van der Waals surface area (Å²) in [7, 11) is 0. The van der Waals surface area contributed by atoms with E-state index in [-0.39, 0.29) is 24.0 Å². The van der Waals surface area contributed by atoms with Crippen molar-refractivity contribution < 1.29 is 14.6 Å². The Hall–Kier alpha value is -2.57. The fourth-order valence-corrected chi connectivity index (χ4v) is 5.02. The number of halogens is 1. The number of likely N-dealkylation sites (tertiary alicyclic amines) is 1. The molecule has 1 fully saturated rings. The summed E-state index contributed by atoms with van der Waals surface area (Å²) in [6.45, 7) is 5.05. The van der Waals surface area contributed by atoms with Crippen LogP contribution in [0.25, 0.3) is 11.0 Å². The van der Waals surface area contributed by atoms with Crippen molar-refractivity contribution in [3.63, 3.8) is 0 Å². The molecule has 1 aliphatic rings. The van der Waals surface area contributed by atoms with Crippen LogP contribution in [0.3, 0.4) is 0 Å². The van der Waals surface area contributed by atoms with Crippen molar-refractivity contribution in [1.29, 1.82) is 0 Å². The Balaban J connectivity index is 1.68. The summed E-state index contributed by atoms with van der Waals surface area (Å²) < 4.78 is 6.68. The zero-order valence-electron chi connectivity index (χ0n) is 18.5. The number of amides is 1. The lowest BCUT2D eigenvalue weighted by Crippen LogP contribution is -2.51. The third kappa shape index (κ3) is 4.76. The summed E-state index contributed by atoms with van der Waals surface area (Å²) in [5.74, 6) is 1.04. The Labute approximate surface area is 193 Å². The second-order valence-electron chi connectivity index (χ2n) is 8.52. The van der Waals surface area contributed by atoms with Gasteiger partial charge in [0.15, 0.2) is 0 Å². The standard InChI is InChI=1S/C25H30ClN3O3/c1-3-7-17-14-29(25(30)31)15-22(23(17)16-10-12-18(26)13-11-16)32-21(4-2)24-27-19-8-5-6-9-20(19)28-24/h5-6,8-13,17,21-23H,3-4,7,14-15H2,1-2H3,(H,27,28)(H,30,31). The number of imidazole rings is 1. The predicted molar refractivity (Wildman–Crippen MR) is 126 cm³/mol. The van der Waals surface area contributed by atoms with Crippen molar-refractivity contribution in [3.05, 3.63) is 64.9 Å². The van der Waals surface area contributed by atoms with Gasteiger partial charge in [-0.25, -0.2) is 9.78 Å². The number of nitrogens with one attached hydrogen (secondary N) is 1. The van der Waals surface area contributed by atoms with Crippen molar-refractivity contribution in [1.82, 2.24) is 14.9 Å². The number of benzene rings is 2. The third-order valence-corrected chi connectivity index (χ3v) is 6.62. The minimum atomic E-state index is -0.897. The van der Waals surface area contributed by atoms with Crippen LogP contribution in [0.2, 0.25) is 5.02 Å². The molecule has 7 heteroatoms. The van der Waals surface area contributed by atoms with Crippen molar-refractivity contribution in [2.24, 2.45) is 5.92 Å². The highest BCUT2D eigenvalue weighted by atomic mass is 35.5. The van der Waals surface area contributed by atoms with Gasteiger partial charge >= 0.3 is 6.09 Å². The molecule has 4 rings (SSSR count). The molecule has 2 heterocycles. The molecule has 3 aromatic rings. The monoisotopic (exact) mass is 455 g/mol. The molecule has 1 saturated heterocycles. The van der Waals surface area contributed by atoms with Crippen molar-refractivity contribution >= 4 is 28.7 Å². The Morgan fingerprint density at radius 2 is 1.97 bits per heavy atom. The number of nitrogens with zero attached hydrogens (tertiary/aromatic N) is 2. The second-order valence-corrected chi connectivity index (χ2v) is 8.96. The van der Waals surface area contributed by atoms with E-state index in [2.05, 4.69) is 18.8 Å². The van der Waals surface area contributed by atoms with E-state index in [9.17, 15) is 9.90 Å². The fourth-order valence-electron chi connectivity index (χ4n) is 4.89. The fraction of sp³-hybridized carbons (Fsp3) is 0.440. The zero-order valence-corrected chi connectivity index (χ0v) is 19.3. The highest BCUT2D eigenvalue weighted by Gasteiger charge is 2.41. The lowest BCUT2D eigenvalue weighted by atomic mass is 9.76. The van der Waals surface area contributed by atoms with E-state index in [1.807, 2.05) is 48.5 Å². The largest absolute Gasteiger partial charge is 0.465 e. The number of hydrogen-bond acceptors (Lipinski definition) is 3. The number of hydrogen-bond donors (Lipinski definition) is 2. The number of ether oxygens (including phenoxy) is 1. The van der Waals surface area contributed by atoms with Crippen LogP contribution in [0.1, 0.15) is 56.5 Å². The smallest absolute Gasteiger partial charge is 0.407 e. The van der Waals surface area contributed by atoms with Gasteiger partial charge in [0.05, 0.1) is 23.7 Å². The second kappa shape index (κ2) is 9.92. The minimum Gasteiger partial charge on any atom is -0.465 e. The van der Waals surface area contributed by atoms with E-state index in [1.165, 1.54) is 4.90 Å². The molecule has 1 amide bonds. The van der Waals surface area contributed by atoms with Gasteiger partial charge in [0.1, 0.15) is 11.9 Å². The lowest BCUT2D eigenvalue weighted by molar-refractivity contribution is -0.0770.